The monoisotopic (exact) mass is 167 g/mol. The molecule has 1 unspecified atom stereocenters. The van der Waals surface area contributed by atoms with Crippen molar-refractivity contribution in [2.24, 2.45) is 11.8 Å². The molecule has 1 aliphatic heterocycles. The van der Waals surface area contributed by atoms with Crippen LogP contribution in [0.4, 0.5) is 0 Å². The molecule has 1 heterocycles. The standard InChI is InChI=1S/C11H21N/c1-9(2)11-8-12(4)7-5-6-10(11)3/h8-10H,5-7H2,1-4H3. The van der Waals surface area contributed by atoms with Gasteiger partial charge in [-0.15, -0.1) is 0 Å². The maximum atomic E-state index is 2.35. The van der Waals surface area contributed by atoms with Gasteiger partial charge in [-0.05, 0) is 36.5 Å². The molecule has 0 saturated carbocycles. The Hall–Kier alpha value is -0.460. The van der Waals surface area contributed by atoms with Crippen LogP contribution in [0.2, 0.25) is 0 Å². The average molecular weight is 167 g/mol. The minimum Gasteiger partial charge on any atom is -0.380 e. The fourth-order valence-corrected chi connectivity index (χ4v) is 1.98. The summed E-state index contributed by atoms with van der Waals surface area (Å²) in [6.45, 7) is 8.16. The second-order valence-electron chi connectivity index (χ2n) is 4.31. The van der Waals surface area contributed by atoms with Crippen LogP contribution in [0.25, 0.3) is 0 Å². The molecule has 1 aliphatic rings. The van der Waals surface area contributed by atoms with Gasteiger partial charge in [-0.3, -0.25) is 0 Å². The van der Waals surface area contributed by atoms with Gasteiger partial charge >= 0.3 is 0 Å². The van der Waals surface area contributed by atoms with Gasteiger partial charge in [0.15, 0.2) is 0 Å². The van der Waals surface area contributed by atoms with Crippen molar-refractivity contribution in [3.05, 3.63) is 11.8 Å². The predicted molar refractivity (Wildman–Crippen MR) is 53.9 cm³/mol. The van der Waals surface area contributed by atoms with E-state index >= 15 is 0 Å². The van der Waals surface area contributed by atoms with E-state index in [0.717, 1.165) is 5.92 Å². The van der Waals surface area contributed by atoms with Gasteiger partial charge in [0.05, 0.1) is 0 Å². The van der Waals surface area contributed by atoms with Gasteiger partial charge in [-0.2, -0.15) is 0 Å². The molecule has 0 aromatic carbocycles. The first-order chi connectivity index (χ1) is 5.61. The third-order valence-electron chi connectivity index (χ3n) is 2.75. The van der Waals surface area contributed by atoms with Crippen molar-refractivity contribution < 1.29 is 0 Å². The molecule has 0 aromatic heterocycles. The van der Waals surface area contributed by atoms with Crippen molar-refractivity contribution in [1.82, 2.24) is 4.90 Å². The van der Waals surface area contributed by atoms with Crippen LogP contribution < -0.4 is 0 Å². The molecule has 0 fully saturated rings. The lowest BCUT2D eigenvalue weighted by atomic mass is 9.90. The average Bonchev–Trinajstić information content (AvgIpc) is 2.13. The van der Waals surface area contributed by atoms with Crippen LogP contribution in [-0.2, 0) is 0 Å². The summed E-state index contributed by atoms with van der Waals surface area (Å²) in [6.07, 6.45) is 5.04. The third-order valence-corrected chi connectivity index (χ3v) is 2.75. The molecule has 0 radical (unpaired) electrons. The van der Waals surface area contributed by atoms with Crippen LogP contribution >= 0.6 is 0 Å². The molecule has 1 rings (SSSR count). The Bertz CT molecular complexity index is 170. The van der Waals surface area contributed by atoms with Crippen molar-refractivity contribution in [3.63, 3.8) is 0 Å². The van der Waals surface area contributed by atoms with Crippen molar-refractivity contribution in [2.45, 2.75) is 33.6 Å². The van der Waals surface area contributed by atoms with E-state index in [4.69, 9.17) is 0 Å². The highest BCUT2D eigenvalue weighted by atomic mass is 15.1. The molecular weight excluding hydrogens is 146 g/mol. The topological polar surface area (TPSA) is 3.24 Å². The normalized spacial score (nSPS) is 25.6. The molecule has 1 nitrogen and oxygen atoms in total. The van der Waals surface area contributed by atoms with Gasteiger partial charge in [-0.25, -0.2) is 0 Å². The van der Waals surface area contributed by atoms with E-state index in [1.165, 1.54) is 19.4 Å². The minimum absolute atomic E-state index is 0.709. The van der Waals surface area contributed by atoms with Crippen molar-refractivity contribution in [3.8, 4) is 0 Å². The Morgan fingerprint density at radius 2 is 2.17 bits per heavy atom. The second kappa shape index (κ2) is 3.97. The van der Waals surface area contributed by atoms with Gasteiger partial charge in [-0.1, -0.05) is 20.8 Å². The largest absolute Gasteiger partial charge is 0.380 e. The van der Waals surface area contributed by atoms with E-state index in [-0.39, 0.29) is 0 Å². The molecular formula is C11H21N. The van der Waals surface area contributed by atoms with E-state index in [9.17, 15) is 0 Å². The summed E-state index contributed by atoms with van der Waals surface area (Å²) < 4.78 is 0. The van der Waals surface area contributed by atoms with Crippen molar-refractivity contribution >= 4 is 0 Å². The Morgan fingerprint density at radius 3 is 2.75 bits per heavy atom. The first-order valence-electron chi connectivity index (χ1n) is 5.03. The Morgan fingerprint density at radius 1 is 1.50 bits per heavy atom. The summed E-state index contributed by atoms with van der Waals surface area (Å²) in [6, 6.07) is 0. The van der Waals surface area contributed by atoms with E-state index in [1.807, 2.05) is 0 Å². The van der Waals surface area contributed by atoms with E-state index < -0.39 is 0 Å². The van der Waals surface area contributed by atoms with Crippen LogP contribution in [0.15, 0.2) is 11.8 Å². The zero-order valence-corrected chi connectivity index (χ0v) is 8.80. The third kappa shape index (κ3) is 2.26. The summed E-state index contributed by atoms with van der Waals surface area (Å²) in [4.78, 5) is 2.33. The van der Waals surface area contributed by atoms with Crippen LogP contribution in [0.1, 0.15) is 33.6 Å². The quantitative estimate of drug-likeness (QED) is 0.580. The van der Waals surface area contributed by atoms with Gasteiger partial charge < -0.3 is 4.90 Å². The SMILES string of the molecule is CC(C)C1=CN(C)CCCC1C. The summed E-state index contributed by atoms with van der Waals surface area (Å²) >= 11 is 0. The Balaban J connectivity index is 2.74. The fraction of sp³-hybridized carbons (Fsp3) is 0.818. The molecule has 0 amide bonds. The molecule has 0 spiro atoms. The highest BCUT2D eigenvalue weighted by Crippen LogP contribution is 2.26. The smallest absolute Gasteiger partial charge is 0.0169 e. The lowest BCUT2D eigenvalue weighted by Crippen LogP contribution is -2.11. The van der Waals surface area contributed by atoms with Gasteiger partial charge in [0.1, 0.15) is 0 Å². The van der Waals surface area contributed by atoms with E-state index in [1.54, 1.807) is 5.57 Å². The summed E-state index contributed by atoms with van der Waals surface area (Å²) in [7, 11) is 2.18. The predicted octanol–water partition coefficient (Wildman–Crippen LogP) is 2.89. The number of hydrogen-bond donors (Lipinski definition) is 0. The summed E-state index contributed by atoms with van der Waals surface area (Å²) in [5.74, 6) is 1.50. The van der Waals surface area contributed by atoms with Crippen molar-refractivity contribution in [2.75, 3.05) is 13.6 Å². The van der Waals surface area contributed by atoms with Crippen LogP contribution in [0.5, 0.6) is 0 Å². The summed E-state index contributed by atoms with van der Waals surface area (Å²) in [5, 5.41) is 0. The highest BCUT2D eigenvalue weighted by Gasteiger charge is 2.15. The minimum atomic E-state index is 0.709. The molecule has 12 heavy (non-hydrogen) atoms. The number of rotatable bonds is 1. The molecule has 0 saturated heterocycles. The van der Waals surface area contributed by atoms with E-state index in [2.05, 4.69) is 38.9 Å². The molecule has 1 atom stereocenters. The van der Waals surface area contributed by atoms with Gasteiger partial charge in [0.2, 0.25) is 0 Å². The lowest BCUT2D eigenvalue weighted by molar-refractivity contribution is 0.443. The van der Waals surface area contributed by atoms with Gasteiger partial charge in [0, 0.05) is 13.6 Å². The fourth-order valence-electron chi connectivity index (χ4n) is 1.98. The van der Waals surface area contributed by atoms with Crippen LogP contribution in [-0.4, -0.2) is 18.5 Å². The number of nitrogens with zero attached hydrogens (tertiary/aromatic N) is 1. The van der Waals surface area contributed by atoms with E-state index in [0.29, 0.717) is 5.92 Å². The number of allylic oxidation sites excluding steroid dienone is 1. The molecule has 1 heteroatoms. The van der Waals surface area contributed by atoms with Crippen LogP contribution in [0.3, 0.4) is 0 Å². The maximum absolute atomic E-state index is 2.35. The lowest BCUT2D eigenvalue weighted by Gasteiger charge is -2.18. The van der Waals surface area contributed by atoms with Crippen LogP contribution in [0, 0.1) is 11.8 Å². The molecule has 0 N–H and O–H groups in total. The Kier molecular flexibility index (Phi) is 3.19. The molecule has 0 bridgehead atoms. The zero-order chi connectivity index (χ0) is 9.14. The molecule has 0 aliphatic carbocycles. The molecule has 70 valence electrons. The first kappa shape index (κ1) is 9.63. The highest BCUT2D eigenvalue weighted by molar-refractivity contribution is 5.09. The maximum Gasteiger partial charge on any atom is 0.0169 e. The first-order valence-corrected chi connectivity index (χ1v) is 5.03. The molecule has 0 aromatic rings. The Labute approximate surface area is 76.5 Å². The summed E-state index contributed by atoms with van der Waals surface area (Å²) in [5.41, 5.74) is 1.62. The zero-order valence-electron chi connectivity index (χ0n) is 8.80. The van der Waals surface area contributed by atoms with Crippen molar-refractivity contribution in [1.29, 1.82) is 0 Å². The van der Waals surface area contributed by atoms with Gasteiger partial charge in [0.25, 0.3) is 0 Å². The second-order valence-corrected chi connectivity index (χ2v) is 4.31. The number of hydrogen-bond acceptors (Lipinski definition) is 1.